The van der Waals surface area contributed by atoms with Gasteiger partial charge < -0.3 is 4.90 Å². The first-order valence-corrected chi connectivity index (χ1v) is 9.74. The van der Waals surface area contributed by atoms with Crippen molar-refractivity contribution >= 4 is 16.7 Å². The van der Waals surface area contributed by atoms with Crippen molar-refractivity contribution in [3.8, 4) is 0 Å². The van der Waals surface area contributed by atoms with Crippen LogP contribution in [0.4, 0.5) is 4.39 Å². The molecule has 0 aromatic heterocycles. The van der Waals surface area contributed by atoms with Crippen LogP contribution in [0, 0.1) is 5.82 Å². The molecule has 23 heavy (non-hydrogen) atoms. The van der Waals surface area contributed by atoms with Crippen molar-refractivity contribution in [1.82, 2.24) is 9.80 Å². The molecule has 1 atom stereocenters. The molecule has 0 spiro atoms. The van der Waals surface area contributed by atoms with Gasteiger partial charge in [-0.2, -0.15) is 0 Å². The summed E-state index contributed by atoms with van der Waals surface area (Å²) in [5, 5.41) is 0. The maximum Gasteiger partial charge on any atom is 0.239 e. The molecule has 0 N–H and O–H groups in total. The molecular weight excluding hydrogens is 315 g/mol. The second-order valence-corrected chi connectivity index (χ2v) is 7.98. The summed E-state index contributed by atoms with van der Waals surface area (Å²) >= 11 is 0. The molecule has 2 fully saturated rings. The van der Waals surface area contributed by atoms with Crippen molar-refractivity contribution in [1.29, 1.82) is 0 Å². The Morgan fingerprint density at radius 1 is 1.13 bits per heavy atom. The second kappa shape index (κ2) is 7.53. The minimum Gasteiger partial charge on any atom is -0.339 e. The summed E-state index contributed by atoms with van der Waals surface area (Å²) in [5.41, 5.74) is 1.03. The third-order valence-electron chi connectivity index (χ3n) is 4.69. The Bertz CT molecular complexity index is 568. The minimum absolute atomic E-state index is 0.0969. The Labute approximate surface area is 139 Å². The second-order valence-electron chi connectivity index (χ2n) is 6.28. The molecule has 1 aromatic carbocycles. The number of benzene rings is 1. The highest BCUT2D eigenvalue weighted by molar-refractivity contribution is 7.85. The largest absolute Gasteiger partial charge is 0.339 e. The molecule has 3 rings (SSSR count). The van der Waals surface area contributed by atoms with Crippen molar-refractivity contribution in [2.45, 2.75) is 31.8 Å². The minimum atomic E-state index is -0.768. The molecule has 2 saturated heterocycles. The van der Waals surface area contributed by atoms with Crippen LogP contribution in [-0.4, -0.2) is 57.1 Å². The Balaban J connectivity index is 1.67. The van der Waals surface area contributed by atoms with E-state index in [9.17, 15) is 13.4 Å². The number of carbonyl (C=O) groups excluding carboxylic acids is 1. The van der Waals surface area contributed by atoms with Gasteiger partial charge in [0.2, 0.25) is 5.91 Å². The molecule has 2 heterocycles. The van der Waals surface area contributed by atoms with Crippen LogP contribution >= 0.6 is 0 Å². The maximum absolute atomic E-state index is 13.0. The number of halogens is 1. The van der Waals surface area contributed by atoms with Gasteiger partial charge in [-0.25, -0.2) is 4.39 Å². The zero-order chi connectivity index (χ0) is 16.2. The van der Waals surface area contributed by atoms with E-state index in [1.54, 1.807) is 12.1 Å². The summed E-state index contributed by atoms with van der Waals surface area (Å²) in [6.45, 7) is 2.78. The fourth-order valence-electron chi connectivity index (χ4n) is 3.35. The zero-order valence-electron chi connectivity index (χ0n) is 13.2. The summed E-state index contributed by atoms with van der Waals surface area (Å²) in [6.07, 6.45) is 3.03. The van der Waals surface area contributed by atoms with Crippen LogP contribution in [0.3, 0.4) is 0 Å². The molecular formula is C17H23FN2O2S. The molecule has 1 aromatic rings. The highest BCUT2D eigenvalue weighted by Crippen LogP contribution is 2.22. The third-order valence-corrected chi connectivity index (χ3v) is 5.96. The standard InChI is InChI=1S/C17H23FN2O2S/c18-15-6-4-14(5-7-15)13-20-8-2-1-3-16(20)17(21)19-9-11-23(22)12-10-19/h4-7,16H,1-3,8-13H2/t16-/m1/s1. The highest BCUT2D eigenvalue weighted by Gasteiger charge is 2.33. The number of carbonyl (C=O) groups is 1. The monoisotopic (exact) mass is 338 g/mol. The molecule has 126 valence electrons. The van der Waals surface area contributed by atoms with Crippen molar-refractivity contribution in [3.63, 3.8) is 0 Å². The summed E-state index contributed by atoms with van der Waals surface area (Å²) in [6, 6.07) is 6.41. The molecule has 2 aliphatic heterocycles. The smallest absolute Gasteiger partial charge is 0.239 e. The molecule has 1 amide bonds. The predicted octanol–water partition coefficient (Wildman–Crippen LogP) is 1.77. The van der Waals surface area contributed by atoms with Crippen LogP contribution < -0.4 is 0 Å². The van der Waals surface area contributed by atoms with Gasteiger partial charge in [0, 0.05) is 41.9 Å². The molecule has 0 radical (unpaired) electrons. The van der Waals surface area contributed by atoms with Crippen LogP contribution in [0.5, 0.6) is 0 Å². The first-order chi connectivity index (χ1) is 11.1. The zero-order valence-corrected chi connectivity index (χ0v) is 14.1. The van der Waals surface area contributed by atoms with E-state index in [4.69, 9.17) is 0 Å². The third kappa shape index (κ3) is 4.18. The molecule has 0 bridgehead atoms. The van der Waals surface area contributed by atoms with E-state index in [-0.39, 0.29) is 17.8 Å². The van der Waals surface area contributed by atoms with E-state index in [0.29, 0.717) is 31.1 Å². The molecule has 4 nitrogen and oxygen atoms in total. The van der Waals surface area contributed by atoms with Gasteiger partial charge in [-0.15, -0.1) is 0 Å². The molecule has 6 heteroatoms. The number of nitrogens with zero attached hydrogens (tertiary/aromatic N) is 2. The number of hydrogen-bond acceptors (Lipinski definition) is 3. The van der Waals surface area contributed by atoms with Gasteiger partial charge in [-0.3, -0.25) is 13.9 Å². The predicted molar refractivity (Wildman–Crippen MR) is 88.9 cm³/mol. The van der Waals surface area contributed by atoms with Gasteiger partial charge in [0.25, 0.3) is 0 Å². The average molecular weight is 338 g/mol. The first kappa shape index (κ1) is 16.6. The van der Waals surface area contributed by atoms with E-state index in [1.165, 1.54) is 12.1 Å². The van der Waals surface area contributed by atoms with Gasteiger partial charge in [-0.05, 0) is 37.1 Å². The van der Waals surface area contributed by atoms with Gasteiger partial charge >= 0.3 is 0 Å². The van der Waals surface area contributed by atoms with E-state index in [1.807, 2.05) is 4.90 Å². The fraction of sp³-hybridized carbons (Fsp3) is 0.588. The summed E-state index contributed by atoms with van der Waals surface area (Å²) < 4.78 is 24.5. The lowest BCUT2D eigenvalue weighted by Gasteiger charge is -2.38. The lowest BCUT2D eigenvalue weighted by Crippen LogP contribution is -2.53. The van der Waals surface area contributed by atoms with Gasteiger partial charge in [-0.1, -0.05) is 18.6 Å². The number of amides is 1. The topological polar surface area (TPSA) is 40.6 Å². The molecule has 0 saturated carbocycles. The van der Waals surface area contributed by atoms with E-state index in [2.05, 4.69) is 4.90 Å². The van der Waals surface area contributed by atoms with Gasteiger partial charge in [0.05, 0.1) is 6.04 Å². The molecule has 0 unspecified atom stereocenters. The van der Waals surface area contributed by atoms with Crippen LogP contribution in [0.15, 0.2) is 24.3 Å². The van der Waals surface area contributed by atoms with Gasteiger partial charge in [0.15, 0.2) is 0 Å². The van der Waals surface area contributed by atoms with Crippen LogP contribution in [0.25, 0.3) is 0 Å². The van der Waals surface area contributed by atoms with E-state index in [0.717, 1.165) is 31.4 Å². The number of rotatable bonds is 3. The Hall–Kier alpha value is -1.27. The number of piperidine rings is 1. The Morgan fingerprint density at radius 2 is 1.83 bits per heavy atom. The molecule has 2 aliphatic rings. The fourth-order valence-corrected chi connectivity index (χ4v) is 4.41. The lowest BCUT2D eigenvalue weighted by atomic mass is 9.99. The maximum atomic E-state index is 13.0. The lowest BCUT2D eigenvalue weighted by molar-refractivity contribution is -0.138. The summed E-state index contributed by atoms with van der Waals surface area (Å²) in [5.74, 6) is 1.12. The average Bonchev–Trinajstić information content (AvgIpc) is 2.57. The normalized spacial score (nSPS) is 23.9. The summed E-state index contributed by atoms with van der Waals surface area (Å²) in [7, 11) is -0.768. The van der Waals surface area contributed by atoms with Crippen LogP contribution in [-0.2, 0) is 22.1 Å². The van der Waals surface area contributed by atoms with Crippen molar-refractivity contribution in [2.24, 2.45) is 0 Å². The van der Waals surface area contributed by atoms with Crippen LogP contribution in [0.2, 0.25) is 0 Å². The summed E-state index contributed by atoms with van der Waals surface area (Å²) in [4.78, 5) is 16.9. The number of likely N-dealkylation sites (tertiary alicyclic amines) is 1. The van der Waals surface area contributed by atoms with E-state index < -0.39 is 10.8 Å². The Kier molecular flexibility index (Phi) is 5.43. The first-order valence-electron chi connectivity index (χ1n) is 8.26. The van der Waals surface area contributed by atoms with E-state index >= 15 is 0 Å². The highest BCUT2D eigenvalue weighted by atomic mass is 32.2. The molecule has 0 aliphatic carbocycles. The van der Waals surface area contributed by atoms with Crippen molar-refractivity contribution in [3.05, 3.63) is 35.6 Å². The van der Waals surface area contributed by atoms with Crippen LogP contribution in [0.1, 0.15) is 24.8 Å². The Morgan fingerprint density at radius 3 is 2.52 bits per heavy atom. The van der Waals surface area contributed by atoms with Crippen molar-refractivity contribution in [2.75, 3.05) is 31.1 Å². The van der Waals surface area contributed by atoms with Crippen molar-refractivity contribution < 1.29 is 13.4 Å². The van der Waals surface area contributed by atoms with Gasteiger partial charge in [0.1, 0.15) is 5.82 Å². The SMILES string of the molecule is O=C([C@H]1CCCCN1Cc1ccc(F)cc1)N1CCS(=O)CC1. The number of hydrogen-bond donors (Lipinski definition) is 0. The quantitative estimate of drug-likeness (QED) is 0.843.